The summed E-state index contributed by atoms with van der Waals surface area (Å²) in [5.74, 6) is -0.428. The number of carbonyl (C=O) groups is 2. The number of likely N-dealkylation sites (tertiary alicyclic amines) is 1. The van der Waals surface area contributed by atoms with Gasteiger partial charge in [-0.15, -0.1) is 0 Å². The third-order valence-electron chi connectivity index (χ3n) is 2.88. The first-order chi connectivity index (χ1) is 7.94. The molecule has 17 heavy (non-hydrogen) atoms. The number of piperidine rings is 1. The number of hydrogen-bond donors (Lipinski definition) is 1. The summed E-state index contributed by atoms with van der Waals surface area (Å²) in [5, 5.41) is 9.87. The Labute approximate surface area is 102 Å². The number of ether oxygens (including phenoxy) is 1. The van der Waals surface area contributed by atoms with Crippen LogP contribution < -0.4 is 0 Å². The van der Waals surface area contributed by atoms with Crippen molar-refractivity contribution in [2.75, 3.05) is 19.7 Å². The molecule has 1 atom stereocenters. The van der Waals surface area contributed by atoms with Crippen molar-refractivity contribution in [3.8, 4) is 0 Å². The Morgan fingerprint density at radius 1 is 1.41 bits per heavy atom. The number of carbonyl (C=O) groups excluding carboxylic acids is 2. The van der Waals surface area contributed by atoms with Crippen LogP contribution in [0.1, 0.15) is 39.5 Å². The lowest BCUT2D eigenvalue weighted by Crippen LogP contribution is -2.48. The smallest absolute Gasteiger partial charge is 0.306 e. The van der Waals surface area contributed by atoms with Crippen molar-refractivity contribution < 1.29 is 19.4 Å². The minimum atomic E-state index is -0.794. The van der Waals surface area contributed by atoms with E-state index >= 15 is 0 Å². The van der Waals surface area contributed by atoms with E-state index in [1.807, 2.05) is 0 Å². The van der Waals surface area contributed by atoms with Gasteiger partial charge in [-0.25, -0.2) is 0 Å². The summed E-state index contributed by atoms with van der Waals surface area (Å²) in [4.78, 5) is 24.5. The maximum absolute atomic E-state index is 11.8. The third-order valence-corrected chi connectivity index (χ3v) is 2.88. The Hall–Kier alpha value is -1.10. The second-order valence-electron chi connectivity index (χ2n) is 4.72. The number of rotatable bonds is 4. The number of aliphatic hydroxyl groups is 1. The summed E-state index contributed by atoms with van der Waals surface area (Å²) in [6.45, 7) is 4.83. The summed E-state index contributed by atoms with van der Waals surface area (Å²) >= 11 is 0. The van der Waals surface area contributed by atoms with Gasteiger partial charge in [-0.05, 0) is 26.7 Å². The average molecular weight is 243 g/mol. The van der Waals surface area contributed by atoms with Crippen LogP contribution in [-0.4, -0.2) is 47.2 Å². The first kappa shape index (κ1) is 14.0. The molecule has 1 amide bonds. The Kier molecular flexibility index (Phi) is 4.93. The van der Waals surface area contributed by atoms with Gasteiger partial charge in [-0.3, -0.25) is 9.59 Å². The Morgan fingerprint density at radius 3 is 2.71 bits per heavy atom. The quantitative estimate of drug-likeness (QED) is 0.738. The number of β-amino-alcohol motifs (C(OH)–C–C–N with tert-alkyl or cyclic N) is 1. The molecule has 1 saturated heterocycles. The van der Waals surface area contributed by atoms with Crippen molar-refractivity contribution in [2.24, 2.45) is 0 Å². The highest BCUT2D eigenvalue weighted by Gasteiger charge is 2.30. The SMILES string of the molecule is CCOC(=O)CCC(=O)N1CCCC(C)(O)C1. The van der Waals surface area contributed by atoms with E-state index in [9.17, 15) is 14.7 Å². The lowest BCUT2D eigenvalue weighted by molar-refractivity contribution is -0.147. The molecule has 0 radical (unpaired) electrons. The molecule has 1 aliphatic rings. The van der Waals surface area contributed by atoms with Crippen molar-refractivity contribution in [3.05, 3.63) is 0 Å². The molecule has 0 aromatic carbocycles. The van der Waals surface area contributed by atoms with E-state index in [0.29, 0.717) is 26.1 Å². The molecule has 98 valence electrons. The lowest BCUT2D eigenvalue weighted by atomic mass is 9.95. The topological polar surface area (TPSA) is 66.8 Å². The zero-order valence-corrected chi connectivity index (χ0v) is 10.6. The Morgan fingerprint density at radius 2 is 2.12 bits per heavy atom. The third kappa shape index (κ3) is 4.73. The van der Waals surface area contributed by atoms with Gasteiger partial charge in [0.1, 0.15) is 0 Å². The zero-order valence-electron chi connectivity index (χ0n) is 10.6. The van der Waals surface area contributed by atoms with Gasteiger partial charge < -0.3 is 14.7 Å². The fraction of sp³-hybridized carbons (Fsp3) is 0.833. The van der Waals surface area contributed by atoms with Crippen LogP contribution in [0.4, 0.5) is 0 Å². The van der Waals surface area contributed by atoms with Crippen molar-refractivity contribution in [3.63, 3.8) is 0 Å². The molecule has 0 bridgehead atoms. The van der Waals surface area contributed by atoms with Crippen LogP contribution in [0.25, 0.3) is 0 Å². The van der Waals surface area contributed by atoms with Crippen LogP contribution in [0.2, 0.25) is 0 Å². The van der Waals surface area contributed by atoms with Crippen LogP contribution in [0, 0.1) is 0 Å². The van der Waals surface area contributed by atoms with Gasteiger partial charge >= 0.3 is 5.97 Å². The van der Waals surface area contributed by atoms with Gasteiger partial charge in [0.15, 0.2) is 0 Å². The van der Waals surface area contributed by atoms with E-state index in [1.165, 1.54) is 0 Å². The molecule has 0 spiro atoms. The average Bonchev–Trinajstić information content (AvgIpc) is 2.25. The summed E-state index contributed by atoms with van der Waals surface area (Å²) < 4.78 is 4.76. The standard InChI is InChI=1S/C12H21NO4/c1-3-17-11(15)6-5-10(14)13-8-4-7-12(2,16)9-13/h16H,3-9H2,1-2H3. The molecule has 0 aliphatic carbocycles. The first-order valence-corrected chi connectivity index (χ1v) is 6.10. The summed E-state index contributed by atoms with van der Waals surface area (Å²) in [7, 11) is 0. The predicted octanol–water partition coefficient (Wildman–Crippen LogP) is 0.703. The van der Waals surface area contributed by atoms with Crippen LogP contribution in [0.15, 0.2) is 0 Å². The van der Waals surface area contributed by atoms with Gasteiger partial charge in [-0.2, -0.15) is 0 Å². The maximum atomic E-state index is 11.8. The molecule has 1 heterocycles. The number of nitrogens with zero attached hydrogens (tertiary/aromatic N) is 1. The first-order valence-electron chi connectivity index (χ1n) is 6.10. The van der Waals surface area contributed by atoms with E-state index in [2.05, 4.69) is 0 Å². The van der Waals surface area contributed by atoms with E-state index in [0.717, 1.165) is 6.42 Å². The van der Waals surface area contributed by atoms with Crippen molar-refractivity contribution >= 4 is 11.9 Å². The van der Waals surface area contributed by atoms with E-state index in [-0.39, 0.29) is 24.7 Å². The van der Waals surface area contributed by atoms with Crippen molar-refractivity contribution in [1.82, 2.24) is 4.90 Å². The second kappa shape index (κ2) is 6.00. The van der Waals surface area contributed by atoms with Crippen molar-refractivity contribution in [1.29, 1.82) is 0 Å². The van der Waals surface area contributed by atoms with Crippen LogP contribution in [0.5, 0.6) is 0 Å². The zero-order chi connectivity index (χ0) is 12.9. The highest BCUT2D eigenvalue weighted by Crippen LogP contribution is 2.20. The van der Waals surface area contributed by atoms with E-state index < -0.39 is 5.60 Å². The normalized spacial score (nSPS) is 24.5. The molecule has 1 unspecified atom stereocenters. The minimum absolute atomic E-state index is 0.0852. The summed E-state index contributed by atoms with van der Waals surface area (Å²) in [6.07, 6.45) is 1.80. The number of esters is 1. The molecule has 1 rings (SSSR count). The largest absolute Gasteiger partial charge is 0.466 e. The number of hydrogen-bond acceptors (Lipinski definition) is 4. The van der Waals surface area contributed by atoms with Crippen LogP contribution in [0.3, 0.4) is 0 Å². The fourth-order valence-corrected chi connectivity index (χ4v) is 2.03. The predicted molar refractivity (Wildman–Crippen MR) is 62.3 cm³/mol. The van der Waals surface area contributed by atoms with Gasteiger partial charge in [-0.1, -0.05) is 0 Å². The summed E-state index contributed by atoms with van der Waals surface area (Å²) in [5.41, 5.74) is -0.794. The highest BCUT2D eigenvalue weighted by molar-refractivity contribution is 5.81. The lowest BCUT2D eigenvalue weighted by Gasteiger charge is -2.36. The summed E-state index contributed by atoms with van der Waals surface area (Å²) in [6, 6.07) is 0. The maximum Gasteiger partial charge on any atom is 0.306 e. The Bertz CT molecular complexity index is 288. The monoisotopic (exact) mass is 243 g/mol. The second-order valence-corrected chi connectivity index (χ2v) is 4.72. The molecule has 5 heteroatoms. The molecule has 1 fully saturated rings. The molecule has 0 aromatic rings. The van der Waals surface area contributed by atoms with Gasteiger partial charge in [0.05, 0.1) is 18.6 Å². The minimum Gasteiger partial charge on any atom is -0.466 e. The molecule has 0 aromatic heterocycles. The highest BCUT2D eigenvalue weighted by atomic mass is 16.5. The van der Waals surface area contributed by atoms with E-state index in [1.54, 1.807) is 18.7 Å². The molecular formula is C12H21NO4. The fourth-order valence-electron chi connectivity index (χ4n) is 2.03. The van der Waals surface area contributed by atoms with Gasteiger partial charge in [0.25, 0.3) is 0 Å². The van der Waals surface area contributed by atoms with E-state index in [4.69, 9.17) is 4.74 Å². The van der Waals surface area contributed by atoms with Crippen LogP contribution >= 0.6 is 0 Å². The molecule has 5 nitrogen and oxygen atoms in total. The van der Waals surface area contributed by atoms with Gasteiger partial charge in [0, 0.05) is 19.5 Å². The Balaban J connectivity index is 2.35. The molecule has 0 saturated carbocycles. The van der Waals surface area contributed by atoms with Gasteiger partial charge in [0.2, 0.25) is 5.91 Å². The molecule has 1 N–H and O–H groups in total. The number of amides is 1. The van der Waals surface area contributed by atoms with Crippen LogP contribution in [-0.2, 0) is 14.3 Å². The van der Waals surface area contributed by atoms with Crippen molar-refractivity contribution in [2.45, 2.75) is 45.1 Å². The molecule has 1 aliphatic heterocycles. The molecular weight excluding hydrogens is 222 g/mol.